The summed E-state index contributed by atoms with van der Waals surface area (Å²) in [6.07, 6.45) is 4.90. The van der Waals surface area contributed by atoms with Gasteiger partial charge in [-0.05, 0) is 24.8 Å². The summed E-state index contributed by atoms with van der Waals surface area (Å²) in [4.78, 5) is 11.1. The van der Waals surface area contributed by atoms with E-state index in [-0.39, 0.29) is 35.5 Å². The van der Waals surface area contributed by atoms with Gasteiger partial charge in [0.1, 0.15) is 0 Å². The van der Waals surface area contributed by atoms with E-state index < -0.39 is 0 Å². The second kappa shape index (κ2) is 4.17. The molecule has 2 rings (SSSR count). The molecule has 11 heavy (non-hydrogen) atoms. The van der Waals surface area contributed by atoms with E-state index >= 15 is 0 Å². The maximum absolute atomic E-state index is 11.1. The topological polar surface area (TPSA) is 29.1 Å². The van der Waals surface area contributed by atoms with E-state index in [0.717, 1.165) is 6.42 Å². The molecule has 2 fully saturated rings. The molecule has 57 valence electrons. The number of hydrogen-bond donors (Lipinski definition) is 1. The van der Waals surface area contributed by atoms with Gasteiger partial charge in [0.25, 0.3) is 0 Å². The van der Waals surface area contributed by atoms with E-state index in [4.69, 9.17) is 0 Å². The standard InChI is InChI=1S/C7H11NOS.Na/c9-7-5-3-1-2-4-6(5)10-8-7;/h5-6H,1-4H2,(H,8,9);. The number of nitrogens with one attached hydrogen (secondary N) is 1. The molecule has 2 atom stereocenters. The third kappa shape index (κ3) is 1.94. The van der Waals surface area contributed by atoms with Gasteiger partial charge in [-0.25, -0.2) is 0 Å². The molecule has 4 heteroatoms. The van der Waals surface area contributed by atoms with E-state index in [1.807, 2.05) is 0 Å². The molecule has 1 aliphatic carbocycles. The third-order valence-corrected chi connectivity index (χ3v) is 3.54. The van der Waals surface area contributed by atoms with Crippen molar-refractivity contribution >= 4 is 47.4 Å². The van der Waals surface area contributed by atoms with Crippen LogP contribution in [-0.4, -0.2) is 40.7 Å². The van der Waals surface area contributed by atoms with Crippen LogP contribution in [0.5, 0.6) is 0 Å². The van der Waals surface area contributed by atoms with Crippen molar-refractivity contribution in [1.29, 1.82) is 0 Å². The first kappa shape index (κ1) is 9.90. The van der Waals surface area contributed by atoms with Crippen LogP contribution in [0.3, 0.4) is 0 Å². The second-order valence-electron chi connectivity index (χ2n) is 3.01. The van der Waals surface area contributed by atoms with Crippen molar-refractivity contribution in [2.75, 3.05) is 0 Å². The Morgan fingerprint density at radius 2 is 2.09 bits per heavy atom. The van der Waals surface area contributed by atoms with Crippen LogP contribution >= 0.6 is 11.9 Å². The largest absolute Gasteiger partial charge is 0.300 e. The van der Waals surface area contributed by atoms with Crippen molar-refractivity contribution < 1.29 is 4.79 Å². The molecule has 2 nitrogen and oxygen atoms in total. The fourth-order valence-electron chi connectivity index (χ4n) is 1.75. The Morgan fingerprint density at radius 3 is 2.82 bits per heavy atom. The van der Waals surface area contributed by atoms with Gasteiger partial charge < -0.3 is 0 Å². The summed E-state index contributed by atoms with van der Waals surface area (Å²) >= 11 is 1.63. The van der Waals surface area contributed by atoms with E-state index in [1.54, 1.807) is 11.9 Å². The molecular weight excluding hydrogens is 169 g/mol. The van der Waals surface area contributed by atoms with Crippen LogP contribution < -0.4 is 4.72 Å². The van der Waals surface area contributed by atoms with Gasteiger partial charge in [-0.15, -0.1) is 0 Å². The van der Waals surface area contributed by atoms with Crippen LogP contribution in [0.25, 0.3) is 0 Å². The zero-order valence-electron chi connectivity index (χ0n) is 6.80. The maximum atomic E-state index is 11.1. The normalized spacial score (nSPS) is 35.5. The van der Waals surface area contributed by atoms with Crippen LogP contribution in [0.1, 0.15) is 25.7 Å². The van der Waals surface area contributed by atoms with Gasteiger partial charge in [-0.2, -0.15) is 0 Å². The molecule has 1 saturated carbocycles. The number of amides is 1. The van der Waals surface area contributed by atoms with Crippen molar-refractivity contribution in [3.05, 3.63) is 0 Å². The number of carbonyl (C=O) groups is 1. The number of rotatable bonds is 0. The van der Waals surface area contributed by atoms with Crippen LogP contribution in [0.2, 0.25) is 0 Å². The fraction of sp³-hybridized carbons (Fsp3) is 0.857. The Kier molecular flexibility index (Phi) is 3.75. The molecule has 0 aromatic carbocycles. The summed E-state index contributed by atoms with van der Waals surface area (Å²) in [6.45, 7) is 0. The van der Waals surface area contributed by atoms with Gasteiger partial charge in [-0.3, -0.25) is 9.52 Å². The van der Waals surface area contributed by atoms with Crippen LogP contribution in [0.4, 0.5) is 0 Å². The number of fused-ring (bicyclic) bond motifs is 1. The molecule has 2 unspecified atom stereocenters. The maximum Gasteiger partial charge on any atom is 0.234 e. The van der Waals surface area contributed by atoms with Crippen LogP contribution in [0, 0.1) is 5.92 Å². The van der Waals surface area contributed by atoms with Crippen molar-refractivity contribution in [3.8, 4) is 0 Å². The summed E-state index contributed by atoms with van der Waals surface area (Å²) in [5.41, 5.74) is 0. The van der Waals surface area contributed by atoms with E-state index in [0.29, 0.717) is 11.2 Å². The van der Waals surface area contributed by atoms with Crippen molar-refractivity contribution in [2.24, 2.45) is 5.92 Å². The van der Waals surface area contributed by atoms with E-state index in [9.17, 15) is 4.79 Å². The fourth-order valence-corrected chi connectivity index (χ4v) is 2.87. The SMILES string of the molecule is O=C1NSC2CCCCC12.[Na]. The quantitative estimate of drug-likeness (QED) is 0.444. The first-order valence-electron chi connectivity index (χ1n) is 3.83. The molecule has 0 spiro atoms. The molecule has 1 aliphatic heterocycles. The molecule has 1 N–H and O–H groups in total. The van der Waals surface area contributed by atoms with Gasteiger partial charge in [0.05, 0.1) is 5.92 Å². The van der Waals surface area contributed by atoms with Gasteiger partial charge in [-0.1, -0.05) is 12.8 Å². The minimum Gasteiger partial charge on any atom is -0.300 e. The second-order valence-corrected chi connectivity index (χ2v) is 4.06. The number of carbonyl (C=O) groups excluding carboxylic acids is 1. The molecule has 0 aromatic heterocycles. The van der Waals surface area contributed by atoms with Gasteiger partial charge in [0.15, 0.2) is 0 Å². The first-order chi connectivity index (χ1) is 4.88. The molecular formula is C7H11NNaOS. The van der Waals surface area contributed by atoms with Crippen LogP contribution in [-0.2, 0) is 4.79 Å². The minimum atomic E-state index is 0. The van der Waals surface area contributed by atoms with Crippen molar-refractivity contribution in [1.82, 2.24) is 4.72 Å². The summed E-state index contributed by atoms with van der Waals surface area (Å²) in [7, 11) is 0. The summed E-state index contributed by atoms with van der Waals surface area (Å²) in [5.74, 6) is 0.619. The van der Waals surface area contributed by atoms with Crippen LogP contribution in [0.15, 0.2) is 0 Å². The average Bonchev–Trinajstić information content (AvgIpc) is 2.34. The monoisotopic (exact) mass is 180 g/mol. The smallest absolute Gasteiger partial charge is 0.234 e. The minimum absolute atomic E-state index is 0. The third-order valence-electron chi connectivity index (χ3n) is 2.35. The van der Waals surface area contributed by atoms with Crippen molar-refractivity contribution in [3.63, 3.8) is 0 Å². The summed E-state index contributed by atoms with van der Waals surface area (Å²) in [5, 5.41) is 0.598. The molecule has 1 radical (unpaired) electrons. The summed E-state index contributed by atoms with van der Waals surface area (Å²) in [6, 6.07) is 0. The molecule has 0 aromatic rings. The summed E-state index contributed by atoms with van der Waals surface area (Å²) < 4.78 is 2.84. The Morgan fingerprint density at radius 1 is 1.36 bits per heavy atom. The van der Waals surface area contributed by atoms with Gasteiger partial charge >= 0.3 is 0 Å². The Hall–Kier alpha value is 0.820. The Bertz CT molecular complexity index is 165. The zero-order chi connectivity index (χ0) is 6.97. The average molecular weight is 180 g/mol. The molecule has 2 aliphatic rings. The van der Waals surface area contributed by atoms with E-state index in [1.165, 1.54) is 19.3 Å². The molecule has 1 saturated heterocycles. The molecule has 0 bridgehead atoms. The molecule has 1 heterocycles. The Balaban J connectivity index is 0.000000605. The van der Waals surface area contributed by atoms with Crippen molar-refractivity contribution in [2.45, 2.75) is 30.9 Å². The van der Waals surface area contributed by atoms with Gasteiger partial charge in [0, 0.05) is 34.8 Å². The predicted molar refractivity (Wildman–Crippen MR) is 47.2 cm³/mol. The molecule has 1 amide bonds. The first-order valence-corrected chi connectivity index (χ1v) is 4.71. The predicted octanol–water partition coefficient (Wildman–Crippen LogP) is 0.942. The zero-order valence-corrected chi connectivity index (χ0v) is 9.62. The number of hydrogen-bond acceptors (Lipinski definition) is 2. The van der Waals surface area contributed by atoms with Gasteiger partial charge in [0.2, 0.25) is 5.91 Å². The Labute approximate surface area is 93.3 Å². The van der Waals surface area contributed by atoms with E-state index in [2.05, 4.69) is 4.72 Å².